The second-order valence-electron chi connectivity index (χ2n) is 8.45. The Balaban J connectivity index is 1.47. The van der Waals surface area contributed by atoms with Crippen LogP contribution in [0.3, 0.4) is 0 Å². The first-order chi connectivity index (χ1) is 17.1. The quantitative estimate of drug-likeness (QED) is 0.198. The molecule has 0 aliphatic heterocycles. The number of H-pyrrole nitrogens is 1. The van der Waals surface area contributed by atoms with Gasteiger partial charge in [0.25, 0.3) is 0 Å². The number of para-hydroxylation sites is 1. The Morgan fingerprint density at radius 2 is 1.67 bits per heavy atom. The third-order valence-electron chi connectivity index (χ3n) is 5.64. The summed E-state index contributed by atoms with van der Waals surface area (Å²) in [4.78, 5) is 51.7. The Labute approximate surface area is 207 Å². The predicted octanol–water partition coefficient (Wildman–Crippen LogP) is 0.176. The molecule has 1 heterocycles. The summed E-state index contributed by atoms with van der Waals surface area (Å²) in [6.07, 6.45) is 1.97. The van der Waals surface area contributed by atoms with Crippen LogP contribution in [0.1, 0.15) is 18.1 Å². The van der Waals surface area contributed by atoms with Gasteiger partial charge >= 0.3 is 5.97 Å². The van der Waals surface area contributed by atoms with E-state index in [-0.39, 0.29) is 18.6 Å². The Bertz CT molecular complexity index is 1240. The molecule has 3 amide bonds. The van der Waals surface area contributed by atoms with Gasteiger partial charge in [0.15, 0.2) is 0 Å². The number of carbonyl (C=O) groups is 4. The molecule has 3 atom stereocenters. The average Bonchev–Trinajstić information content (AvgIpc) is 3.26. The lowest BCUT2D eigenvalue weighted by molar-refractivity contribution is -0.142. The summed E-state index contributed by atoms with van der Waals surface area (Å²) < 4.78 is 0. The lowest BCUT2D eigenvalue weighted by Crippen LogP contribution is -2.53. The molecule has 36 heavy (non-hydrogen) atoms. The molecule has 11 nitrogen and oxygen atoms in total. The third kappa shape index (κ3) is 7.06. The van der Waals surface area contributed by atoms with E-state index in [1.54, 1.807) is 18.3 Å². The van der Waals surface area contributed by atoms with Gasteiger partial charge in [-0.3, -0.25) is 14.4 Å². The van der Waals surface area contributed by atoms with Crippen LogP contribution in [-0.4, -0.2) is 63.6 Å². The summed E-state index contributed by atoms with van der Waals surface area (Å²) in [5.74, 6) is -2.97. The van der Waals surface area contributed by atoms with Gasteiger partial charge < -0.3 is 36.9 Å². The number of hydrogen-bond acceptors (Lipinski definition) is 6. The van der Waals surface area contributed by atoms with Crippen LogP contribution in [0.2, 0.25) is 0 Å². The van der Waals surface area contributed by atoms with Crippen LogP contribution >= 0.6 is 0 Å². The third-order valence-corrected chi connectivity index (χ3v) is 5.64. The van der Waals surface area contributed by atoms with E-state index in [1.165, 1.54) is 19.1 Å². The van der Waals surface area contributed by atoms with Crippen molar-refractivity contribution < 1.29 is 29.4 Å². The summed E-state index contributed by atoms with van der Waals surface area (Å²) in [6, 6.07) is 10.5. The van der Waals surface area contributed by atoms with E-state index in [1.807, 2.05) is 24.3 Å². The Morgan fingerprint density at radius 3 is 2.36 bits per heavy atom. The van der Waals surface area contributed by atoms with Crippen LogP contribution in [0, 0.1) is 0 Å². The first kappa shape index (κ1) is 26.2. The SMILES string of the molecule is CC(NC(=O)CNC(=O)C(N)Cc1ccc(O)cc1)C(=O)NC(Cc1c[nH]c2ccccc12)C(=O)O. The number of phenolic OH excluding ortho intramolecular Hbond substituents is 1. The molecule has 3 unspecified atom stereocenters. The molecule has 0 aliphatic carbocycles. The highest BCUT2D eigenvalue weighted by Crippen LogP contribution is 2.19. The summed E-state index contributed by atoms with van der Waals surface area (Å²) in [7, 11) is 0. The van der Waals surface area contributed by atoms with E-state index in [9.17, 15) is 29.4 Å². The molecule has 190 valence electrons. The molecule has 0 spiro atoms. The molecular formula is C25H29N5O6. The van der Waals surface area contributed by atoms with Gasteiger partial charge in [0.2, 0.25) is 17.7 Å². The minimum Gasteiger partial charge on any atom is -0.508 e. The summed E-state index contributed by atoms with van der Waals surface area (Å²) in [5.41, 5.74) is 8.20. The second kappa shape index (κ2) is 11.8. The average molecular weight is 496 g/mol. The molecule has 0 aliphatic rings. The highest BCUT2D eigenvalue weighted by molar-refractivity contribution is 5.92. The highest BCUT2D eigenvalue weighted by Gasteiger charge is 2.25. The van der Waals surface area contributed by atoms with Crippen molar-refractivity contribution in [2.45, 2.75) is 37.9 Å². The molecule has 0 saturated heterocycles. The van der Waals surface area contributed by atoms with Crippen molar-refractivity contribution >= 4 is 34.6 Å². The molecule has 0 saturated carbocycles. The number of aromatic amines is 1. The van der Waals surface area contributed by atoms with Crippen LogP contribution in [0.15, 0.2) is 54.7 Å². The van der Waals surface area contributed by atoms with Gasteiger partial charge in [-0.1, -0.05) is 30.3 Å². The van der Waals surface area contributed by atoms with E-state index < -0.39 is 48.4 Å². The lowest BCUT2D eigenvalue weighted by atomic mass is 10.0. The Hall–Kier alpha value is -4.38. The first-order valence-corrected chi connectivity index (χ1v) is 11.3. The van der Waals surface area contributed by atoms with E-state index in [4.69, 9.17) is 5.73 Å². The van der Waals surface area contributed by atoms with Crippen molar-refractivity contribution in [1.29, 1.82) is 0 Å². The summed E-state index contributed by atoms with van der Waals surface area (Å²) in [6.45, 7) is 1.01. The van der Waals surface area contributed by atoms with Crippen LogP contribution in [0.25, 0.3) is 10.9 Å². The van der Waals surface area contributed by atoms with Gasteiger partial charge in [-0.15, -0.1) is 0 Å². The maximum Gasteiger partial charge on any atom is 0.326 e. The van der Waals surface area contributed by atoms with E-state index in [0.717, 1.165) is 22.0 Å². The minimum atomic E-state index is -1.21. The van der Waals surface area contributed by atoms with Gasteiger partial charge in [-0.05, 0) is 42.7 Å². The van der Waals surface area contributed by atoms with E-state index >= 15 is 0 Å². The fourth-order valence-corrected chi connectivity index (χ4v) is 3.65. The smallest absolute Gasteiger partial charge is 0.326 e. The molecule has 0 fully saturated rings. The maximum absolute atomic E-state index is 12.5. The van der Waals surface area contributed by atoms with Crippen LogP contribution in [0.4, 0.5) is 0 Å². The molecule has 3 rings (SSSR count). The number of carboxylic acid groups (broad SMARTS) is 1. The minimum absolute atomic E-state index is 0.0563. The van der Waals surface area contributed by atoms with Gasteiger partial charge in [0.1, 0.15) is 17.8 Å². The number of hydrogen-bond donors (Lipinski definition) is 7. The zero-order valence-corrected chi connectivity index (χ0v) is 19.7. The monoisotopic (exact) mass is 495 g/mol. The molecule has 2 aromatic carbocycles. The molecular weight excluding hydrogens is 466 g/mol. The number of carboxylic acids is 1. The molecule has 0 bridgehead atoms. The number of benzene rings is 2. The number of carbonyl (C=O) groups excluding carboxylic acids is 3. The van der Waals surface area contributed by atoms with Crippen molar-refractivity contribution in [2.24, 2.45) is 5.73 Å². The number of nitrogens with two attached hydrogens (primary N) is 1. The van der Waals surface area contributed by atoms with Crippen molar-refractivity contribution in [3.05, 3.63) is 65.9 Å². The fourth-order valence-electron chi connectivity index (χ4n) is 3.65. The summed E-state index contributed by atoms with van der Waals surface area (Å²) >= 11 is 0. The number of fused-ring (bicyclic) bond motifs is 1. The molecule has 0 radical (unpaired) electrons. The molecule has 8 N–H and O–H groups in total. The maximum atomic E-state index is 12.5. The van der Waals surface area contributed by atoms with Gasteiger partial charge in [0.05, 0.1) is 12.6 Å². The number of amides is 3. The van der Waals surface area contributed by atoms with Crippen molar-refractivity contribution in [3.8, 4) is 5.75 Å². The number of rotatable bonds is 11. The van der Waals surface area contributed by atoms with E-state index in [0.29, 0.717) is 0 Å². The predicted molar refractivity (Wildman–Crippen MR) is 132 cm³/mol. The Morgan fingerprint density at radius 1 is 0.972 bits per heavy atom. The molecule has 1 aromatic heterocycles. The van der Waals surface area contributed by atoms with Crippen molar-refractivity contribution in [2.75, 3.05) is 6.54 Å². The number of aliphatic carboxylic acids is 1. The van der Waals surface area contributed by atoms with Gasteiger partial charge in [-0.2, -0.15) is 0 Å². The van der Waals surface area contributed by atoms with Crippen LogP contribution in [0.5, 0.6) is 5.75 Å². The molecule has 11 heteroatoms. The first-order valence-electron chi connectivity index (χ1n) is 11.3. The largest absolute Gasteiger partial charge is 0.508 e. The second-order valence-corrected chi connectivity index (χ2v) is 8.45. The van der Waals surface area contributed by atoms with Gasteiger partial charge in [-0.25, -0.2) is 4.79 Å². The number of nitrogens with one attached hydrogen (secondary N) is 4. The topological polar surface area (TPSA) is 187 Å². The zero-order chi connectivity index (χ0) is 26.2. The molecule has 3 aromatic rings. The van der Waals surface area contributed by atoms with E-state index in [2.05, 4.69) is 20.9 Å². The lowest BCUT2D eigenvalue weighted by Gasteiger charge is -2.19. The highest BCUT2D eigenvalue weighted by atomic mass is 16.4. The zero-order valence-electron chi connectivity index (χ0n) is 19.7. The number of aromatic hydroxyl groups is 1. The fraction of sp³-hybridized carbons (Fsp3) is 0.280. The standard InChI is InChI=1S/C25H29N5O6/c1-14(29-22(32)13-28-24(34)19(26)10-15-6-8-17(31)9-7-15)23(33)30-21(25(35)36)11-16-12-27-20-5-3-2-4-18(16)20/h2-9,12,14,19,21,27,31H,10-11,13,26H2,1H3,(H,28,34)(H,29,32)(H,30,33)(H,35,36). The number of phenols is 1. The van der Waals surface area contributed by atoms with Gasteiger partial charge in [0, 0.05) is 23.5 Å². The van der Waals surface area contributed by atoms with Crippen molar-refractivity contribution in [3.63, 3.8) is 0 Å². The summed E-state index contributed by atoms with van der Waals surface area (Å²) in [5, 5.41) is 27.0. The van der Waals surface area contributed by atoms with Crippen molar-refractivity contribution in [1.82, 2.24) is 20.9 Å². The Kier molecular flexibility index (Phi) is 8.63. The van der Waals surface area contributed by atoms with Crippen LogP contribution < -0.4 is 21.7 Å². The number of aromatic nitrogens is 1. The normalized spacial score (nSPS) is 13.4. The van der Waals surface area contributed by atoms with Crippen LogP contribution in [-0.2, 0) is 32.0 Å².